The molecule has 0 aliphatic carbocycles. The Bertz CT molecular complexity index is 1430. The van der Waals surface area contributed by atoms with Crippen molar-refractivity contribution in [3.05, 3.63) is 59.2 Å². The van der Waals surface area contributed by atoms with Gasteiger partial charge in [0.25, 0.3) is 5.91 Å². The number of amides is 1. The average Bonchev–Trinajstić information content (AvgIpc) is 3.04. The molecular weight excluding hydrogens is 544 g/mol. The molecule has 3 aromatic rings. The van der Waals surface area contributed by atoms with E-state index >= 15 is 0 Å². The first-order chi connectivity index (χ1) is 20.3. The fourth-order valence-electron chi connectivity index (χ4n) is 4.68. The first kappa shape index (κ1) is 30.2. The number of nitrogens with one attached hydrogen (secondary N) is 1. The third-order valence-electron chi connectivity index (χ3n) is 6.87. The van der Waals surface area contributed by atoms with Crippen LogP contribution in [-0.4, -0.2) is 60.9 Å². The minimum atomic E-state index is -0.428. The van der Waals surface area contributed by atoms with E-state index in [0.717, 1.165) is 16.7 Å². The molecule has 1 aliphatic heterocycles. The monoisotopic (exact) mass is 580 g/mol. The van der Waals surface area contributed by atoms with Crippen molar-refractivity contribution < 1.29 is 42.7 Å². The van der Waals surface area contributed by atoms with Crippen LogP contribution in [0.5, 0.6) is 46.0 Å². The molecule has 0 saturated heterocycles. The Morgan fingerprint density at radius 2 is 1.50 bits per heavy atom. The number of methoxy groups -OCH3 is 6. The van der Waals surface area contributed by atoms with E-state index in [1.165, 1.54) is 0 Å². The number of benzene rings is 3. The van der Waals surface area contributed by atoms with E-state index in [0.29, 0.717) is 64.5 Å². The van der Waals surface area contributed by atoms with Crippen molar-refractivity contribution in [2.24, 2.45) is 5.10 Å². The van der Waals surface area contributed by atoms with Crippen LogP contribution in [0, 0.1) is 0 Å². The maximum absolute atomic E-state index is 12.5. The molecular formula is C31H36N2O9. The first-order valence-electron chi connectivity index (χ1n) is 13.2. The predicted octanol–water partition coefficient (Wildman–Crippen LogP) is 4.72. The zero-order chi connectivity index (χ0) is 30.2. The molecule has 1 N–H and O–H groups in total. The molecule has 1 heterocycles. The molecule has 1 atom stereocenters. The number of carbonyl (C=O) groups excluding carboxylic acids is 1. The highest BCUT2D eigenvalue weighted by Gasteiger charge is 2.27. The van der Waals surface area contributed by atoms with Crippen LogP contribution < -0.4 is 43.3 Å². The van der Waals surface area contributed by atoms with Gasteiger partial charge in [0.1, 0.15) is 23.4 Å². The Labute approximate surface area is 245 Å². The molecule has 1 aliphatic rings. The molecule has 1 amide bonds. The number of ether oxygens (including phenoxy) is 8. The molecule has 11 nitrogen and oxygen atoms in total. The maximum Gasteiger partial charge on any atom is 0.277 e. The van der Waals surface area contributed by atoms with Gasteiger partial charge in [-0.15, -0.1) is 0 Å². The largest absolute Gasteiger partial charge is 0.496 e. The van der Waals surface area contributed by atoms with Crippen LogP contribution in [0.2, 0.25) is 0 Å². The van der Waals surface area contributed by atoms with Crippen LogP contribution in [0.4, 0.5) is 0 Å². The molecule has 0 saturated carbocycles. The summed E-state index contributed by atoms with van der Waals surface area (Å²) in [5.74, 6) is 4.00. The second kappa shape index (κ2) is 13.7. The first-order valence-corrected chi connectivity index (χ1v) is 13.2. The molecule has 42 heavy (non-hydrogen) atoms. The van der Waals surface area contributed by atoms with Crippen LogP contribution in [0.25, 0.3) is 0 Å². The average molecular weight is 581 g/mol. The molecule has 224 valence electrons. The minimum Gasteiger partial charge on any atom is -0.496 e. The summed E-state index contributed by atoms with van der Waals surface area (Å²) < 4.78 is 44.9. The topological polar surface area (TPSA) is 115 Å². The Hall–Kier alpha value is -4.80. The molecule has 0 radical (unpaired) electrons. The van der Waals surface area contributed by atoms with Crippen LogP contribution in [-0.2, 0) is 11.2 Å². The highest BCUT2D eigenvalue weighted by molar-refractivity contribution is 5.99. The van der Waals surface area contributed by atoms with Crippen LogP contribution in [0.3, 0.4) is 0 Å². The van der Waals surface area contributed by atoms with Gasteiger partial charge in [-0.1, -0.05) is 0 Å². The van der Waals surface area contributed by atoms with E-state index in [2.05, 4.69) is 10.5 Å². The van der Waals surface area contributed by atoms with Gasteiger partial charge in [0, 0.05) is 23.3 Å². The summed E-state index contributed by atoms with van der Waals surface area (Å²) in [4.78, 5) is 12.5. The van der Waals surface area contributed by atoms with Crippen molar-refractivity contribution in [1.82, 2.24) is 5.43 Å². The van der Waals surface area contributed by atoms with Gasteiger partial charge in [0.15, 0.2) is 29.6 Å². The predicted molar refractivity (Wildman–Crippen MR) is 156 cm³/mol. The summed E-state index contributed by atoms with van der Waals surface area (Å²) in [7, 11) is 9.42. The van der Waals surface area contributed by atoms with Gasteiger partial charge in [-0.05, 0) is 55.7 Å². The second-order valence-corrected chi connectivity index (χ2v) is 9.30. The van der Waals surface area contributed by atoms with Gasteiger partial charge in [-0.25, -0.2) is 5.43 Å². The summed E-state index contributed by atoms with van der Waals surface area (Å²) in [6, 6.07) is 12.6. The van der Waals surface area contributed by atoms with Crippen LogP contribution in [0.1, 0.15) is 36.1 Å². The summed E-state index contributed by atoms with van der Waals surface area (Å²) in [5.41, 5.74) is 5.68. The third-order valence-corrected chi connectivity index (χ3v) is 6.87. The lowest BCUT2D eigenvalue weighted by Gasteiger charge is -2.29. The Morgan fingerprint density at radius 3 is 2.12 bits per heavy atom. The normalized spacial score (nSPS) is 14.2. The van der Waals surface area contributed by atoms with E-state index in [4.69, 9.17) is 37.9 Å². The third kappa shape index (κ3) is 6.56. The standard InChI is InChI=1S/C31H36N2O9/c1-18(19-8-10-24(35-2)27(12-19)37-4)32-33-30(34)17-41-21-15-25(36-3)22-9-11-23(42-26(22)16-21)20-13-28(38-5)31(40-7)29(14-20)39-6/h8,10,12-16,23H,9,11,17H2,1-7H3,(H,33,34)/b32-18+. The summed E-state index contributed by atoms with van der Waals surface area (Å²) in [6.45, 7) is 1.51. The SMILES string of the molecule is COc1ccc(/C(C)=N/NC(=O)COc2cc(OC)c3c(c2)OC(c2cc(OC)c(OC)c(OC)c2)CC3)cc1OC. The highest BCUT2D eigenvalue weighted by Crippen LogP contribution is 2.45. The Balaban J connectivity index is 1.46. The van der Waals surface area contributed by atoms with Crippen molar-refractivity contribution >= 4 is 11.6 Å². The molecule has 0 spiro atoms. The van der Waals surface area contributed by atoms with E-state index in [-0.39, 0.29) is 12.7 Å². The lowest BCUT2D eigenvalue weighted by molar-refractivity contribution is -0.123. The lowest BCUT2D eigenvalue weighted by Crippen LogP contribution is -2.25. The molecule has 0 bridgehead atoms. The van der Waals surface area contributed by atoms with Gasteiger partial charge < -0.3 is 37.9 Å². The van der Waals surface area contributed by atoms with E-state index < -0.39 is 5.91 Å². The zero-order valence-corrected chi connectivity index (χ0v) is 24.9. The smallest absolute Gasteiger partial charge is 0.277 e. The number of fused-ring (bicyclic) bond motifs is 1. The number of carbonyl (C=O) groups is 1. The highest BCUT2D eigenvalue weighted by atomic mass is 16.5. The summed E-state index contributed by atoms with van der Waals surface area (Å²) in [5, 5.41) is 4.19. The fourth-order valence-corrected chi connectivity index (χ4v) is 4.68. The Morgan fingerprint density at radius 1 is 0.833 bits per heavy atom. The molecule has 11 heteroatoms. The van der Waals surface area contributed by atoms with Gasteiger partial charge in [0.05, 0.1) is 48.4 Å². The van der Waals surface area contributed by atoms with Crippen molar-refractivity contribution in [2.45, 2.75) is 25.9 Å². The maximum atomic E-state index is 12.5. The molecule has 0 fully saturated rings. The summed E-state index contributed by atoms with van der Waals surface area (Å²) >= 11 is 0. The number of rotatable bonds is 12. The van der Waals surface area contributed by atoms with Gasteiger partial charge in [0.2, 0.25) is 5.75 Å². The Kier molecular flexibility index (Phi) is 9.85. The van der Waals surface area contributed by atoms with E-state index in [1.54, 1.807) is 73.8 Å². The van der Waals surface area contributed by atoms with E-state index in [9.17, 15) is 4.79 Å². The number of nitrogens with zero attached hydrogens (tertiary/aromatic N) is 1. The summed E-state index contributed by atoms with van der Waals surface area (Å²) in [6.07, 6.45) is 1.15. The molecule has 3 aromatic carbocycles. The number of hydrogen-bond donors (Lipinski definition) is 1. The van der Waals surface area contributed by atoms with Crippen molar-refractivity contribution in [3.8, 4) is 46.0 Å². The second-order valence-electron chi connectivity index (χ2n) is 9.30. The van der Waals surface area contributed by atoms with Crippen molar-refractivity contribution in [3.63, 3.8) is 0 Å². The van der Waals surface area contributed by atoms with E-state index in [1.807, 2.05) is 18.2 Å². The van der Waals surface area contributed by atoms with Crippen molar-refractivity contribution in [1.29, 1.82) is 0 Å². The van der Waals surface area contributed by atoms with Crippen molar-refractivity contribution in [2.75, 3.05) is 49.3 Å². The van der Waals surface area contributed by atoms with Gasteiger partial charge >= 0.3 is 0 Å². The van der Waals surface area contributed by atoms with Gasteiger partial charge in [-0.3, -0.25) is 4.79 Å². The van der Waals surface area contributed by atoms with Crippen LogP contribution >= 0.6 is 0 Å². The molecule has 4 rings (SSSR count). The van der Waals surface area contributed by atoms with Crippen LogP contribution in [0.15, 0.2) is 47.6 Å². The minimum absolute atomic E-state index is 0.263. The molecule has 1 unspecified atom stereocenters. The molecule has 0 aromatic heterocycles. The zero-order valence-electron chi connectivity index (χ0n) is 24.9. The van der Waals surface area contributed by atoms with Gasteiger partial charge in [-0.2, -0.15) is 5.10 Å². The number of hydrogen-bond acceptors (Lipinski definition) is 10. The fraction of sp³-hybridized carbons (Fsp3) is 0.355. The lowest BCUT2D eigenvalue weighted by atomic mass is 9.96. The quantitative estimate of drug-likeness (QED) is 0.240. The number of hydrazone groups is 1.